The highest BCUT2D eigenvalue weighted by atomic mass is 32.1. The summed E-state index contributed by atoms with van der Waals surface area (Å²) >= 11 is 1.48. The Morgan fingerprint density at radius 3 is 2.08 bits per heavy atom. The summed E-state index contributed by atoms with van der Waals surface area (Å²) in [7, 11) is 0. The summed E-state index contributed by atoms with van der Waals surface area (Å²) in [6.45, 7) is 6.10. The molecule has 1 aromatic heterocycles. The van der Waals surface area contributed by atoms with E-state index < -0.39 is 41.3 Å². The normalized spacial score (nSPS) is 15.7. The highest BCUT2D eigenvalue weighted by molar-refractivity contribution is 7.09. The first-order chi connectivity index (χ1) is 17.5. The summed E-state index contributed by atoms with van der Waals surface area (Å²) in [6, 6.07) is 19.1. The molecule has 0 radical (unpaired) electrons. The average Bonchev–Trinajstić information content (AvgIpc) is 3.34. The lowest BCUT2D eigenvalue weighted by atomic mass is 9.56. The minimum Gasteiger partial charge on any atom is -0.446 e. The number of amides is 2. The highest BCUT2D eigenvalue weighted by Gasteiger charge is 2.54. The van der Waals surface area contributed by atoms with E-state index in [1.54, 1.807) is 11.7 Å². The van der Waals surface area contributed by atoms with E-state index >= 15 is 0 Å². The number of ether oxygens (including phenoxy) is 2. The maximum Gasteiger partial charge on any atom is 0.404 e. The lowest BCUT2D eigenvalue weighted by Gasteiger charge is -2.51. The minimum absolute atomic E-state index is 0.0247. The Labute approximate surface area is 221 Å². The molecule has 0 fully saturated rings. The van der Waals surface area contributed by atoms with Gasteiger partial charge in [-0.15, -0.1) is 11.3 Å². The molecule has 2 amide bonds. The molecule has 37 heavy (non-hydrogen) atoms. The molecule has 0 saturated carbocycles. The van der Waals surface area contributed by atoms with Crippen LogP contribution < -0.4 is 11.5 Å². The average molecular weight is 526 g/mol. The quantitative estimate of drug-likeness (QED) is 0.335. The van der Waals surface area contributed by atoms with Gasteiger partial charge >= 0.3 is 12.2 Å². The van der Waals surface area contributed by atoms with Crippen LogP contribution in [-0.2, 0) is 27.7 Å². The molecule has 8 nitrogen and oxygen atoms in total. The summed E-state index contributed by atoms with van der Waals surface area (Å²) in [6.07, 6.45) is -2.53. The van der Waals surface area contributed by atoms with Gasteiger partial charge in [-0.2, -0.15) is 0 Å². The zero-order valence-corrected chi connectivity index (χ0v) is 22.2. The van der Waals surface area contributed by atoms with Gasteiger partial charge in [0.05, 0.1) is 11.6 Å². The first-order valence-corrected chi connectivity index (χ1v) is 13.0. The van der Waals surface area contributed by atoms with E-state index in [0.29, 0.717) is 12.8 Å². The zero-order chi connectivity index (χ0) is 27.1. The first kappa shape index (κ1) is 28.1. The number of primary amides is 2. The van der Waals surface area contributed by atoms with Gasteiger partial charge in [-0.3, -0.25) is 4.98 Å². The number of rotatable bonds is 11. The fraction of sp³-hybridized carbons (Fsp3) is 0.393. The largest absolute Gasteiger partial charge is 0.446 e. The van der Waals surface area contributed by atoms with Crippen LogP contribution in [0.5, 0.6) is 0 Å². The number of aliphatic hydroxyl groups is 1. The summed E-state index contributed by atoms with van der Waals surface area (Å²) in [4.78, 5) is 29.2. The third-order valence-corrected chi connectivity index (χ3v) is 7.52. The number of benzene rings is 2. The van der Waals surface area contributed by atoms with Crippen LogP contribution in [0.25, 0.3) is 0 Å². The summed E-state index contributed by atoms with van der Waals surface area (Å²) in [5.74, 6) is 0. The molecule has 0 unspecified atom stereocenters. The minimum atomic E-state index is -1.24. The van der Waals surface area contributed by atoms with Crippen molar-refractivity contribution < 1.29 is 24.2 Å². The van der Waals surface area contributed by atoms with Gasteiger partial charge in [0.2, 0.25) is 0 Å². The van der Waals surface area contributed by atoms with Gasteiger partial charge in [0.25, 0.3) is 0 Å². The molecule has 0 aliphatic heterocycles. The third kappa shape index (κ3) is 7.08. The number of nitrogens with two attached hydrogens (primary N) is 2. The first-order valence-electron chi connectivity index (χ1n) is 12.1. The van der Waals surface area contributed by atoms with E-state index in [2.05, 4.69) is 4.98 Å². The van der Waals surface area contributed by atoms with E-state index in [0.717, 1.165) is 16.0 Å². The second-order valence-corrected chi connectivity index (χ2v) is 11.1. The van der Waals surface area contributed by atoms with Gasteiger partial charge in [0.15, 0.2) is 0 Å². The molecule has 5 N–H and O–H groups in total. The Balaban J connectivity index is 2.09. The standard InChI is InChI=1S/C28H35N3O5S/c1-27(2,3)28(16-22-17-31-18-37-22,20-12-8-5-9-13-20)24(36-26(30)34)23(32)15-21(35-25(29)33)14-19-10-6-4-7-11-19/h4-13,17-18,21,23-24,32H,14-16H2,1-3H3,(H2,29,33)(H2,30,34)/t21-,23-,24+,28+/m0/s1. The Hall–Kier alpha value is -3.43. The molecule has 1 heterocycles. The predicted molar refractivity (Wildman–Crippen MR) is 143 cm³/mol. The maximum absolute atomic E-state index is 12.2. The molecule has 198 valence electrons. The van der Waals surface area contributed by atoms with Crippen LogP contribution in [-0.4, -0.2) is 40.6 Å². The monoisotopic (exact) mass is 525 g/mol. The van der Waals surface area contributed by atoms with Gasteiger partial charge in [-0.05, 0) is 23.0 Å². The number of carbonyl (C=O) groups is 2. The van der Waals surface area contributed by atoms with Gasteiger partial charge in [0, 0.05) is 29.3 Å². The smallest absolute Gasteiger partial charge is 0.404 e. The molecular weight excluding hydrogens is 490 g/mol. The molecular formula is C28H35N3O5S. The number of carbonyl (C=O) groups excluding carboxylic acids is 2. The van der Waals surface area contributed by atoms with Gasteiger partial charge in [-0.25, -0.2) is 9.59 Å². The van der Waals surface area contributed by atoms with Crippen molar-refractivity contribution >= 4 is 23.5 Å². The summed E-state index contributed by atoms with van der Waals surface area (Å²) < 4.78 is 11.2. The third-order valence-electron chi connectivity index (χ3n) is 6.74. The van der Waals surface area contributed by atoms with Gasteiger partial charge in [-0.1, -0.05) is 81.4 Å². The summed E-state index contributed by atoms with van der Waals surface area (Å²) in [5, 5.41) is 11.7. The van der Waals surface area contributed by atoms with E-state index in [9.17, 15) is 14.7 Å². The highest BCUT2D eigenvalue weighted by Crippen LogP contribution is 2.49. The molecule has 0 saturated heterocycles. The van der Waals surface area contributed by atoms with Gasteiger partial charge in [0.1, 0.15) is 12.2 Å². The van der Waals surface area contributed by atoms with Crippen molar-refractivity contribution in [3.8, 4) is 0 Å². The second-order valence-electron chi connectivity index (χ2n) is 10.1. The Morgan fingerprint density at radius 2 is 1.57 bits per heavy atom. The molecule has 0 aliphatic rings. The number of hydrogen-bond acceptors (Lipinski definition) is 7. The Morgan fingerprint density at radius 1 is 0.973 bits per heavy atom. The number of aliphatic hydroxyl groups excluding tert-OH is 1. The summed E-state index contributed by atoms with van der Waals surface area (Å²) in [5.41, 5.74) is 13.0. The van der Waals surface area contributed by atoms with E-state index in [4.69, 9.17) is 20.9 Å². The lowest BCUT2D eigenvalue weighted by molar-refractivity contribution is -0.0875. The van der Waals surface area contributed by atoms with E-state index in [-0.39, 0.29) is 6.42 Å². The molecule has 3 aromatic rings. The van der Waals surface area contributed by atoms with Crippen LogP contribution in [0.4, 0.5) is 9.59 Å². The number of thiazole rings is 1. The molecule has 0 aliphatic carbocycles. The van der Waals surface area contributed by atoms with Crippen LogP contribution in [0, 0.1) is 5.41 Å². The Kier molecular flexibility index (Phi) is 9.29. The van der Waals surface area contributed by atoms with Crippen molar-refractivity contribution in [2.75, 3.05) is 0 Å². The predicted octanol–water partition coefficient (Wildman–Crippen LogP) is 4.59. The molecule has 4 atom stereocenters. The van der Waals surface area contributed by atoms with Crippen molar-refractivity contribution in [3.63, 3.8) is 0 Å². The van der Waals surface area contributed by atoms with Crippen LogP contribution >= 0.6 is 11.3 Å². The van der Waals surface area contributed by atoms with Gasteiger partial charge < -0.3 is 26.0 Å². The molecule has 9 heteroatoms. The zero-order valence-electron chi connectivity index (χ0n) is 21.4. The van der Waals surface area contributed by atoms with Crippen LogP contribution in [0.15, 0.2) is 72.4 Å². The lowest BCUT2D eigenvalue weighted by Crippen LogP contribution is -2.58. The SMILES string of the molecule is CC(C)(C)[C@](Cc1cncs1)(c1ccccc1)[C@H](OC(N)=O)[C@@H](O)C[C@H](Cc1ccccc1)OC(N)=O. The topological polar surface area (TPSA) is 138 Å². The number of nitrogens with zero attached hydrogens (tertiary/aromatic N) is 1. The Bertz CT molecular complexity index is 1140. The van der Waals surface area contributed by atoms with Crippen molar-refractivity contribution in [3.05, 3.63) is 88.4 Å². The van der Waals surface area contributed by atoms with Crippen LogP contribution in [0.1, 0.15) is 43.2 Å². The van der Waals surface area contributed by atoms with Crippen LogP contribution in [0.3, 0.4) is 0 Å². The molecule has 0 spiro atoms. The maximum atomic E-state index is 12.2. The second kappa shape index (κ2) is 12.2. The van der Waals surface area contributed by atoms with Crippen molar-refractivity contribution in [2.45, 2.75) is 63.8 Å². The van der Waals surface area contributed by atoms with Crippen molar-refractivity contribution in [2.24, 2.45) is 16.9 Å². The number of hydrogen-bond donors (Lipinski definition) is 3. The number of aromatic nitrogens is 1. The van der Waals surface area contributed by atoms with Crippen molar-refractivity contribution in [1.29, 1.82) is 0 Å². The molecule has 3 rings (SSSR count). The molecule has 0 bridgehead atoms. The van der Waals surface area contributed by atoms with E-state index in [1.165, 1.54) is 11.3 Å². The van der Waals surface area contributed by atoms with E-state index in [1.807, 2.05) is 81.4 Å². The fourth-order valence-electron chi connectivity index (χ4n) is 5.07. The van der Waals surface area contributed by atoms with Crippen LogP contribution in [0.2, 0.25) is 0 Å². The fourth-order valence-corrected chi connectivity index (χ4v) is 5.76. The molecule has 2 aromatic carbocycles. The van der Waals surface area contributed by atoms with Crippen molar-refractivity contribution in [1.82, 2.24) is 4.98 Å².